The Hall–Kier alpha value is -0.0300. The molecule has 0 aromatic rings. The van der Waals surface area contributed by atoms with Gasteiger partial charge in [0.05, 0.1) is 16.9 Å². The topological polar surface area (TPSA) is 52.6 Å². The van der Waals surface area contributed by atoms with Gasteiger partial charge in [-0.2, -0.15) is 0 Å². The number of hydrogen-bond donors (Lipinski definition) is 2. The molecule has 0 aromatic heterocycles. The molecular weight excluding hydrogens is 335 g/mol. The minimum atomic E-state index is -0.330. The van der Waals surface area contributed by atoms with Crippen LogP contribution in [0, 0.1) is 11.3 Å². The number of aliphatic hydroxyl groups excluding tert-OH is 1. The molecule has 2 saturated heterocycles. The van der Waals surface area contributed by atoms with Crippen LogP contribution in [0.4, 0.5) is 0 Å². The molecule has 6 heteroatoms. The van der Waals surface area contributed by atoms with Crippen molar-refractivity contribution in [2.24, 2.45) is 11.3 Å². The van der Waals surface area contributed by atoms with E-state index in [1.54, 1.807) is 0 Å². The maximum atomic E-state index is 11.6. The Balaban J connectivity index is 1.50. The largest absolute Gasteiger partial charge is 0.393 e. The van der Waals surface area contributed by atoms with Crippen molar-refractivity contribution in [2.45, 2.75) is 61.8 Å². The number of carbonyl (C=O) groups excluding carboxylic acids is 1. The molecule has 132 valence electrons. The van der Waals surface area contributed by atoms with Crippen LogP contribution >= 0.6 is 23.2 Å². The third-order valence-electron chi connectivity index (χ3n) is 6.20. The summed E-state index contributed by atoms with van der Waals surface area (Å²) in [5, 5.41) is 13.1. The van der Waals surface area contributed by atoms with Crippen molar-refractivity contribution in [3.63, 3.8) is 0 Å². The lowest BCUT2D eigenvalue weighted by atomic mass is 9.72. The van der Waals surface area contributed by atoms with Gasteiger partial charge in [-0.1, -0.05) is 0 Å². The molecule has 1 aliphatic carbocycles. The number of piperidine rings is 1. The molecule has 0 bridgehead atoms. The number of rotatable bonds is 2. The Kier molecular flexibility index (Phi) is 5.77. The molecule has 2 aliphatic heterocycles. The van der Waals surface area contributed by atoms with Gasteiger partial charge in [0.2, 0.25) is 5.91 Å². The predicted molar refractivity (Wildman–Crippen MR) is 93.0 cm³/mol. The van der Waals surface area contributed by atoms with Crippen LogP contribution in [0.1, 0.15) is 44.9 Å². The summed E-state index contributed by atoms with van der Waals surface area (Å²) in [6, 6.07) is 0. The van der Waals surface area contributed by atoms with Crippen LogP contribution in [0.25, 0.3) is 0 Å². The maximum Gasteiger partial charge on any atom is 0.220 e. The van der Waals surface area contributed by atoms with Gasteiger partial charge in [-0.15, -0.1) is 23.2 Å². The van der Waals surface area contributed by atoms with Gasteiger partial charge in [-0.3, -0.25) is 4.79 Å². The lowest BCUT2D eigenvalue weighted by Gasteiger charge is -2.44. The van der Waals surface area contributed by atoms with Crippen LogP contribution < -0.4 is 5.32 Å². The lowest BCUT2D eigenvalue weighted by molar-refractivity contribution is -0.121. The quantitative estimate of drug-likeness (QED) is 0.741. The first-order valence-corrected chi connectivity index (χ1v) is 9.80. The highest BCUT2D eigenvalue weighted by Crippen LogP contribution is 2.41. The predicted octanol–water partition coefficient (Wildman–Crippen LogP) is 2.35. The SMILES string of the molecule is O=C1CCC2(CCN1)CCN(CC1CC(Cl)C(Cl)CC1O)CC2. The summed E-state index contributed by atoms with van der Waals surface area (Å²) in [4.78, 5) is 14.0. The van der Waals surface area contributed by atoms with Crippen molar-refractivity contribution in [2.75, 3.05) is 26.2 Å². The summed E-state index contributed by atoms with van der Waals surface area (Å²) >= 11 is 12.4. The first-order valence-electron chi connectivity index (χ1n) is 8.93. The van der Waals surface area contributed by atoms with E-state index in [4.69, 9.17) is 23.2 Å². The number of nitrogens with one attached hydrogen (secondary N) is 1. The van der Waals surface area contributed by atoms with E-state index >= 15 is 0 Å². The summed E-state index contributed by atoms with van der Waals surface area (Å²) in [7, 11) is 0. The minimum Gasteiger partial charge on any atom is -0.393 e. The fourth-order valence-electron chi connectivity index (χ4n) is 4.46. The minimum absolute atomic E-state index is 0.0276. The van der Waals surface area contributed by atoms with E-state index in [2.05, 4.69) is 10.2 Å². The molecule has 23 heavy (non-hydrogen) atoms. The molecule has 1 amide bonds. The van der Waals surface area contributed by atoms with Crippen molar-refractivity contribution in [3.05, 3.63) is 0 Å². The smallest absolute Gasteiger partial charge is 0.220 e. The highest BCUT2D eigenvalue weighted by Gasteiger charge is 2.39. The molecule has 2 N–H and O–H groups in total. The summed E-state index contributed by atoms with van der Waals surface area (Å²) in [6.07, 6.45) is 6.20. The van der Waals surface area contributed by atoms with Crippen molar-refractivity contribution < 1.29 is 9.90 Å². The van der Waals surface area contributed by atoms with Crippen molar-refractivity contribution in [1.82, 2.24) is 10.2 Å². The van der Waals surface area contributed by atoms with E-state index in [0.29, 0.717) is 18.3 Å². The number of carbonyl (C=O) groups is 1. The molecule has 3 fully saturated rings. The number of nitrogens with zero attached hydrogens (tertiary/aromatic N) is 1. The second-order valence-corrected chi connectivity index (χ2v) is 8.85. The highest BCUT2D eigenvalue weighted by molar-refractivity contribution is 6.30. The summed E-state index contributed by atoms with van der Waals surface area (Å²) in [6.45, 7) is 3.87. The molecule has 4 nitrogen and oxygen atoms in total. The molecule has 1 saturated carbocycles. The van der Waals surface area contributed by atoms with Gasteiger partial charge in [-0.05, 0) is 62.9 Å². The van der Waals surface area contributed by atoms with Gasteiger partial charge in [-0.25, -0.2) is 0 Å². The Labute approximate surface area is 148 Å². The van der Waals surface area contributed by atoms with Gasteiger partial charge in [0.25, 0.3) is 0 Å². The Morgan fingerprint density at radius 1 is 1.13 bits per heavy atom. The molecule has 2 heterocycles. The number of alkyl halides is 2. The van der Waals surface area contributed by atoms with E-state index in [1.807, 2.05) is 0 Å². The zero-order chi connectivity index (χ0) is 16.4. The van der Waals surface area contributed by atoms with Gasteiger partial charge < -0.3 is 15.3 Å². The maximum absolute atomic E-state index is 11.6. The standard InChI is InChI=1S/C17H28Cl2N2O2/c18-13-9-12(15(22)10-14(13)19)11-21-7-4-17(5-8-21)2-1-16(23)20-6-3-17/h12-15,22H,1-11H2,(H,20,23). The van der Waals surface area contributed by atoms with Gasteiger partial charge in [0.1, 0.15) is 0 Å². The highest BCUT2D eigenvalue weighted by atomic mass is 35.5. The molecule has 4 atom stereocenters. The average molecular weight is 363 g/mol. The van der Waals surface area contributed by atoms with Crippen molar-refractivity contribution in [3.8, 4) is 0 Å². The normalized spacial score (nSPS) is 39.0. The number of aliphatic hydroxyl groups is 1. The molecule has 0 radical (unpaired) electrons. The van der Waals surface area contributed by atoms with Gasteiger partial charge in [0.15, 0.2) is 0 Å². The van der Waals surface area contributed by atoms with E-state index < -0.39 is 0 Å². The number of amides is 1. The van der Waals surface area contributed by atoms with E-state index in [1.165, 1.54) is 0 Å². The first-order chi connectivity index (χ1) is 11.0. The second kappa shape index (κ2) is 7.47. The monoisotopic (exact) mass is 362 g/mol. The van der Waals surface area contributed by atoms with Crippen LogP contribution in [-0.4, -0.2) is 59.0 Å². The van der Waals surface area contributed by atoms with Crippen molar-refractivity contribution >= 4 is 29.1 Å². The zero-order valence-electron chi connectivity index (χ0n) is 13.6. The van der Waals surface area contributed by atoms with Gasteiger partial charge >= 0.3 is 0 Å². The van der Waals surface area contributed by atoms with E-state index in [9.17, 15) is 9.90 Å². The number of hydrogen-bond acceptors (Lipinski definition) is 3. The number of halogens is 2. The first kappa shape index (κ1) is 17.8. The molecule has 3 rings (SSSR count). The molecule has 4 unspecified atom stereocenters. The Bertz CT molecular complexity index is 427. The Morgan fingerprint density at radius 3 is 2.57 bits per heavy atom. The second-order valence-electron chi connectivity index (χ2n) is 7.73. The van der Waals surface area contributed by atoms with Crippen molar-refractivity contribution in [1.29, 1.82) is 0 Å². The molecular formula is C17H28Cl2N2O2. The molecule has 1 spiro atoms. The fraction of sp³-hybridized carbons (Fsp3) is 0.941. The number of likely N-dealkylation sites (tertiary alicyclic amines) is 1. The van der Waals surface area contributed by atoms with Crippen LogP contribution in [0.2, 0.25) is 0 Å². The third-order valence-corrected chi connectivity index (χ3v) is 7.29. The molecule has 0 aromatic carbocycles. The van der Waals surface area contributed by atoms with Gasteiger partial charge in [0, 0.05) is 19.5 Å². The summed E-state index contributed by atoms with van der Waals surface area (Å²) < 4.78 is 0. The summed E-state index contributed by atoms with van der Waals surface area (Å²) in [5.41, 5.74) is 0.344. The third kappa shape index (κ3) is 4.33. The summed E-state index contributed by atoms with van der Waals surface area (Å²) in [5.74, 6) is 0.442. The fourth-order valence-corrected chi connectivity index (χ4v) is 5.08. The van der Waals surface area contributed by atoms with Crippen LogP contribution in [0.5, 0.6) is 0 Å². The average Bonchev–Trinajstić information content (AvgIpc) is 2.70. The van der Waals surface area contributed by atoms with Crippen LogP contribution in [-0.2, 0) is 4.79 Å². The van der Waals surface area contributed by atoms with E-state index in [0.717, 1.165) is 58.3 Å². The lowest BCUT2D eigenvalue weighted by Crippen LogP contribution is -2.47. The van der Waals surface area contributed by atoms with Crippen LogP contribution in [0.15, 0.2) is 0 Å². The molecule has 3 aliphatic rings. The Morgan fingerprint density at radius 2 is 1.83 bits per heavy atom. The van der Waals surface area contributed by atoms with E-state index in [-0.39, 0.29) is 28.7 Å². The van der Waals surface area contributed by atoms with Crippen LogP contribution in [0.3, 0.4) is 0 Å². The zero-order valence-corrected chi connectivity index (χ0v) is 15.2.